The second-order valence-electron chi connectivity index (χ2n) is 23.4. The van der Waals surface area contributed by atoms with Crippen LogP contribution in [0.2, 0.25) is 0 Å². The highest BCUT2D eigenvalue weighted by Gasteiger charge is 2.43. The Morgan fingerprint density at radius 3 is 1.25 bits per heavy atom. The molecule has 0 saturated carbocycles. The highest BCUT2D eigenvalue weighted by Crippen LogP contribution is 2.33. The maximum Gasteiger partial charge on any atom is 0.451 e. The minimum Gasteiger partial charge on any atom is -0.381 e. The molecule has 0 spiro atoms. The van der Waals surface area contributed by atoms with Gasteiger partial charge in [-0.05, 0) is 72.7 Å². The van der Waals surface area contributed by atoms with Crippen LogP contribution in [0.3, 0.4) is 0 Å². The average molecular weight is 1430 g/mol. The predicted molar refractivity (Wildman–Crippen MR) is 316 cm³/mol. The van der Waals surface area contributed by atoms with Gasteiger partial charge >= 0.3 is 18.5 Å². The second-order valence-corrected chi connectivity index (χ2v) is 23.4. The number of hydrogen-bond donors (Lipinski definition) is 3. The summed E-state index contributed by atoms with van der Waals surface area (Å²) in [7, 11) is 0. The summed E-state index contributed by atoms with van der Waals surface area (Å²) in [5, 5.41) is 26.5. The Morgan fingerprint density at radius 1 is 0.460 bits per heavy atom. The molecule has 5 aromatic carbocycles. The van der Waals surface area contributed by atoms with Gasteiger partial charge in [0.1, 0.15) is 17.5 Å². The van der Waals surface area contributed by atoms with Gasteiger partial charge < -0.3 is 44.8 Å². The van der Waals surface area contributed by atoms with Gasteiger partial charge in [0, 0.05) is 113 Å². The molecule has 18 nitrogen and oxygen atoms in total. The van der Waals surface area contributed by atoms with Gasteiger partial charge in [0.25, 0.3) is 0 Å². The lowest BCUT2D eigenvalue weighted by molar-refractivity contribution is -0.149. The van der Waals surface area contributed by atoms with E-state index in [1.807, 2.05) is 67.6 Å². The van der Waals surface area contributed by atoms with E-state index < -0.39 is 118 Å². The molecule has 11 rings (SSSR count). The third-order valence-electron chi connectivity index (χ3n) is 16.3. The van der Waals surface area contributed by atoms with Crippen molar-refractivity contribution in [2.75, 3.05) is 19.6 Å². The number of aromatic nitrogens is 9. The van der Waals surface area contributed by atoms with Crippen LogP contribution in [0, 0.1) is 52.4 Å². The Balaban J connectivity index is 0.000000177. The van der Waals surface area contributed by atoms with Crippen LogP contribution in [0.25, 0.3) is 0 Å². The molecule has 36 heteroatoms. The van der Waals surface area contributed by atoms with Gasteiger partial charge in [-0.2, -0.15) is 39.5 Å². The molecular formula is C64H59F18N15O3. The minimum atomic E-state index is -4.67. The van der Waals surface area contributed by atoms with Crippen molar-refractivity contribution in [3.05, 3.63) is 224 Å². The quantitative estimate of drug-likeness (QED) is 0.0443. The van der Waals surface area contributed by atoms with E-state index in [4.69, 9.17) is 5.73 Å². The summed E-state index contributed by atoms with van der Waals surface area (Å²) in [5.74, 6) is -15.4. The van der Waals surface area contributed by atoms with Crippen LogP contribution in [-0.4, -0.2) is 108 Å². The van der Waals surface area contributed by atoms with Gasteiger partial charge in [-0.25, -0.2) is 39.5 Å². The fourth-order valence-corrected chi connectivity index (χ4v) is 11.2. The summed E-state index contributed by atoms with van der Waals surface area (Å²) in [5.41, 5.74) is 7.33. The summed E-state index contributed by atoms with van der Waals surface area (Å²) in [6.07, 6.45) is -13.8. The van der Waals surface area contributed by atoms with Crippen LogP contribution in [-0.2, 0) is 91.4 Å². The number of nitrogens with zero attached hydrogens (tertiary/aromatic N) is 12. The number of nitrogens with two attached hydrogens (primary N) is 1. The maximum atomic E-state index is 14.4. The molecule has 4 atom stereocenters. The predicted octanol–water partition coefficient (Wildman–Crippen LogP) is 11.0. The fourth-order valence-electron chi connectivity index (χ4n) is 11.2. The monoisotopic (exact) mass is 1430 g/mol. The first kappa shape index (κ1) is 74.4. The number of nitrogens with one attached hydrogen (secondary N) is 2. The first-order valence-electron chi connectivity index (χ1n) is 30.4. The van der Waals surface area contributed by atoms with E-state index in [1.165, 1.54) is 20.8 Å². The van der Waals surface area contributed by atoms with Crippen molar-refractivity contribution in [3.63, 3.8) is 0 Å². The molecule has 534 valence electrons. The number of allylic oxidation sites excluding steroid dienone is 1. The van der Waals surface area contributed by atoms with Gasteiger partial charge in [0.05, 0.1) is 19.6 Å². The summed E-state index contributed by atoms with van der Waals surface area (Å²) in [6.45, 7) is 2.66. The average Bonchev–Trinajstić information content (AvgIpc) is 1.64. The number of carbonyl (C=O) groups is 3. The molecular weight excluding hydrogens is 1370 g/mol. The summed E-state index contributed by atoms with van der Waals surface area (Å²) in [4.78, 5) is 42.4. The van der Waals surface area contributed by atoms with E-state index in [0.29, 0.717) is 24.3 Å². The Hall–Kier alpha value is -9.87. The van der Waals surface area contributed by atoms with Crippen molar-refractivity contribution < 1.29 is 93.4 Å². The molecule has 0 unspecified atom stereocenters. The zero-order chi connectivity index (χ0) is 72.7. The number of halogens is 18. The van der Waals surface area contributed by atoms with E-state index in [9.17, 15) is 93.4 Å². The third-order valence-corrected chi connectivity index (χ3v) is 16.3. The smallest absolute Gasteiger partial charge is 0.381 e. The van der Waals surface area contributed by atoms with Crippen molar-refractivity contribution in [2.24, 2.45) is 5.73 Å². The zero-order valence-corrected chi connectivity index (χ0v) is 52.5. The highest BCUT2D eigenvalue weighted by atomic mass is 19.4. The lowest BCUT2D eigenvalue weighted by Crippen LogP contribution is -2.43. The van der Waals surface area contributed by atoms with Crippen molar-refractivity contribution in [1.29, 1.82) is 0 Å². The zero-order valence-electron chi connectivity index (χ0n) is 52.5. The number of rotatable bonds is 17. The first-order chi connectivity index (χ1) is 47.1. The van der Waals surface area contributed by atoms with Crippen molar-refractivity contribution in [3.8, 4) is 0 Å². The molecule has 0 radical (unpaired) electrons. The fraction of sp³-hybridized carbons (Fsp3) is 0.359. The van der Waals surface area contributed by atoms with Gasteiger partial charge in [0.15, 0.2) is 52.4 Å². The standard InChI is InChI=1S/C24H23F6N5O.C24H21F6N5O.C16H15F6N5O/c2*1-14(15-5-3-2-4-6-15)31-17(9-16-10-19(26)20(27)12-18(16)25)11-22(36)34-7-8-35-21(13-34)32-33-23(35)24(28,29)30;17-10-6-12(19)11(18)4-8(10)3-9(23)5-14(28)26-1-2-27-13(7-26)24-25-15(27)16(20,21)22/h2-6,10,12,14,17,31H,7-9,11,13H2,1H3;2-6,10-12,14,31H,7-9,13H2,1H3;4,6,9H,1-3,5,7,23H2/b;17-11-;/t14-,17-;14-;9-/m111/s1. The number of hydrogen-bond acceptors (Lipinski definition) is 12. The summed E-state index contributed by atoms with van der Waals surface area (Å²) in [6, 6.07) is 19.6. The van der Waals surface area contributed by atoms with Gasteiger partial charge in [0.2, 0.25) is 35.2 Å². The molecule has 0 fully saturated rings. The molecule has 3 aromatic heterocycles. The maximum absolute atomic E-state index is 14.4. The molecule has 6 heterocycles. The van der Waals surface area contributed by atoms with E-state index in [-0.39, 0.29) is 143 Å². The van der Waals surface area contributed by atoms with Crippen molar-refractivity contribution in [2.45, 2.75) is 128 Å². The Labute approximate surface area is 556 Å². The van der Waals surface area contributed by atoms with E-state index in [2.05, 4.69) is 41.2 Å². The van der Waals surface area contributed by atoms with E-state index in [1.54, 1.807) is 6.92 Å². The third kappa shape index (κ3) is 18.5. The van der Waals surface area contributed by atoms with Gasteiger partial charge in [-0.15, -0.1) is 30.6 Å². The van der Waals surface area contributed by atoms with Crippen LogP contribution in [0.15, 0.2) is 109 Å². The van der Waals surface area contributed by atoms with Crippen LogP contribution < -0.4 is 16.4 Å². The Morgan fingerprint density at radius 2 is 0.820 bits per heavy atom. The lowest BCUT2D eigenvalue weighted by Gasteiger charge is -2.30. The number of carbonyl (C=O) groups excluding carboxylic acids is 3. The summed E-state index contributed by atoms with van der Waals surface area (Å²) >= 11 is 0. The number of benzene rings is 5. The Kier molecular flexibility index (Phi) is 23.1. The molecule has 0 aliphatic carbocycles. The molecule has 3 aliphatic heterocycles. The lowest BCUT2D eigenvalue weighted by atomic mass is 9.99. The number of fused-ring (bicyclic) bond motifs is 3. The SMILES string of the molecule is C[C@@H](N/C(=C\C(=O)N1CCn2c(nnc2C(F)(F)F)C1)Cc1cc(F)c(F)cc1F)c1ccccc1.C[C@@H](N[C@@H](CC(=O)N1CCn2c(nnc2C(F)(F)F)C1)Cc1cc(F)c(F)cc1F)c1ccccc1.N[C@@H](CC(=O)N1CCn2c(nnc2C(F)(F)F)C1)Cc1cc(F)c(F)cc1F. The topological polar surface area (TPSA) is 203 Å². The molecule has 8 aromatic rings. The molecule has 3 amide bonds. The normalized spacial score (nSPS) is 15.3. The molecule has 3 aliphatic rings. The first-order valence-corrected chi connectivity index (χ1v) is 30.4. The van der Waals surface area contributed by atoms with Crippen molar-refractivity contribution in [1.82, 2.24) is 69.6 Å². The Bertz CT molecular complexity index is 4260. The molecule has 0 saturated heterocycles. The molecule has 100 heavy (non-hydrogen) atoms. The van der Waals surface area contributed by atoms with Crippen LogP contribution in [0.4, 0.5) is 79.0 Å². The highest BCUT2D eigenvalue weighted by molar-refractivity contribution is 5.88. The van der Waals surface area contributed by atoms with E-state index in [0.717, 1.165) is 37.0 Å². The largest absolute Gasteiger partial charge is 0.451 e. The molecule has 4 N–H and O–H groups in total. The van der Waals surface area contributed by atoms with Gasteiger partial charge in [-0.3, -0.25) is 14.4 Å². The number of alkyl halides is 9. The van der Waals surface area contributed by atoms with Crippen LogP contribution >= 0.6 is 0 Å². The van der Waals surface area contributed by atoms with Gasteiger partial charge in [-0.1, -0.05) is 60.7 Å². The number of amides is 3. The molecule has 0 bridgehead atoms. The second kappa shape index (κ2) is 31.1. The van der Waals surface area contributed by atoms with E-state index >= 15 is 0 Å². The van der Waals surface area contributed by atoms with Crippen LogP contribution in [0.1, 0.15) is 102 Å². The summed E-state index contributed by atoms with van der Waals surface area (Å²) < 4.78 is 243. The minimum absolute atomic E-state index is 0.000783. The van der Waals surface area contributed by atoms with Crippen LogP contribution in [0.5, 0.6) is 0 Å². The van der Waals surface area contributed by atoms with Crippen molar-refractivity contribution >= 4 is 17.7 Å².